The van der Waals surface area contributed by atoms with Crippen LogP contribution in [0.4, 0.5) is 0 Å². The van der Waals surface area contributed by atoms with Crippen LogP contribution in [0.3, 0.4) is 0 Å². The molecule has 6 heteroatoms. The van der Waals surface area contributed by atoms with Crippen molar-refractivity contribution in [3.05, 3.63) is 0 Å². The summed E-state index contributed by atoms with van der Waals surface area (Å²) in [5.41, 5.74) is -1.11. The third kappa shape index (κ3) is 3.67. The summed E-state index contributed by atoms with van der Waals surface area (Å²) in [6.07, 6.45) is 1.91. The van der Waals surface area contributed by atoms with Crippen LogP contribution >= 0.6 is 0 Å². The largest absolute Gasteiger partial charge is 0.481 e. The number of amides is 1. The molecule has 4 N–H and O–H groups in total. The van der Waals surface area contributed by atoms with E-state index in [1.54, 1.807) is 0 Å². The average molecular weight is 273 g/mol. The lowest BCUT2D eigenvalue weighted by Gasteiger charge is -2.28. The van der Waals surface area contributed by atoms with Gasteiger partial charge in [0.25, 0.3) is 0 Å². The van der Waals surface area contributed by atoms with Crippen molar-refractivity contribution < 1.29 is 24.9 Å². The van der Waals surface area contributed by atoms with Gasteiger partial charge in [-0.2, -0.15) is 0 Å². The van der Waals surface area contributed by atoms with Crippen LogP contribution in [-0.4, -0.2) is 45.9 Å². The van der Waals surface area contributed by atoms with Crippen molar-refractivity contribution in [2.24, 2.45) is 17.8 Å². The number of rotatable bonds is 6. The van der Waals surface area contributed by atoms with E-state index in [-0.39, 0.29) is 5.92 Å². The Morgan fingerprint density at radius 1 is 1.21 bits per heavy atom. The number of carboxylic acids is 1. The van der Waals surface area contributed by atoms with Gasteiger partial charge >= 0.3 is 5.97 Å². The number of aliphatic hydroxyl groups is 2. The zero-order chi connectivity index (χ0) is 14.6. The number of carbonyl (C=O) groups excluding carboxylic acids is 1. The van der Waals surface area contributed by atoms with Crippen LogP contribution < -0.4 is 5.32 Å². The summed E-state index contributed by atoms with van der Waals surface area (Å²) in [5, 5.41) is 30.1. The number of aliphatic hydroxyl groups excluding tert-OH is 2. The number of hydrogen-bond donors (Lipinski definition) is 4. The van der Waals surface area contributed by atoms with Gasteiger partial charge < -0.3 is 20.6 Å². The van der Waals surface area contributed by atoms with E-state index >= 15 is 0 Å². The predicted octanol–water partition coefficient (Wildman–Crippen LogP) is -0.0171. The second kappa shape index (κ2) is 6.34. The standard InChI is InChI=1S/C13H23NO5/c1-3-8-4-9(10(5-8)12(18)19)11(17)14-13(2,6-15)7-16/h8-10,15-16H,3-7H2,1-2H3,(H,14,17)(H,18,19)/t8?,9-,10+/m0/s1. The first-order chi connectivity index (χ1) is 8.86. The predicted molar refractivity (Wildman–Crippen MR) is 68.4 cm³/mol. The van der Waals surface area contributed by atoms with Gasteiger partial charge in [0.05, 0.1) is 30.6 Å². The zero-order valence-corrected chi connectivity index (χ0v) is 11.4. The molecule has 3 atom stereocenters. The molecule has 6 nitrogen and oxygen atoms in total. The number of carboxylic acid groups (broad SMARTS) is 1. The molecule has 1 saturated carbocycles. The Morgan fingerprint density at radius 2 is 1.74 bits per heavy atom. The molecule has 0 spiro atoms. The van der Waals surface area contributed by atoms with Crippen LogP contribution in [0.25, 0.3) is 0 Å². The van der Waals surface area contributed by atoms with Crippen molar-refractivity contribution in [2.75, 3.05) is 13.2 Å². The quantitative estimate of drug-likeness (QED) is 0.544. The molecule has 19 heavy (non-hydrogen) atoms. The van der Waals surface area contributed by atoms with Crippen LogP contribution in [0.5, 0.6) is 0 Å². The van der Waals surface area contributed by atoms with Crippen LogP contribution in [0.2, 0.25) is 0 Å². The summed E-state index contributed by atoms with van der Waals surface area (Å²) in [6, 6.07) is 0. The van der Waals surface area contributed by atoms with Crippen molar-refractivity contribution in [1.29, 1.82) is 0 Å². The molecule has 1 unspecified atom stereocenters. The summed E-state index contributed by atoms with van der Waals surface area (Å²) in [7, 11) is 0. The van der Waals surface area contributed by atoms with Crippen molar-refractivity contribution in [1.82, 2.24) is 5.32 Å². The number of aliphatic carboxylic acids is 1. The minimum absolute atomic E-state index is 0.242. The third-order valence-corrected chi connectivity index (χ3v) is 4.01. The molecule has 0 bridgehead atoms. The first-order valence-corrected chi connectivity index (χ1v) is 6.63. The summed E-state index contributed by atoms with van der Waals surface area (Å²) in [6.45, 7) is 2.72. The van der Waals surface area contributed by atoms with E-state index in [9.17, 15) is 14.7 Å². The Kier molecular flexibility index (Phi) is 5.31. The topological polar surface area (TPSA) is 107 Å². The molecule has 110 valence electrons. The number of nitrogens with one attached hydrogen (secondary N) is 1. The van der Waals surface area contributed by atoms with E-state index in [1.165, 1.54) is 6.92 Å². The molecule has 1 fully saturated rings. The fourth-order valence-electron chi connectivity index (χ4n) is 2.56. The highest BCUT2D eigenvalue weighted by Gasteiger charge is 2.43. The molecule has 1 amide bonds. The summed E-state index contributed by atoms with van der Waals surface area (Å²) in [5.74, 6) is -2.36. The van der Waals surface area contributed by atoms with Crippen molar-refractivity contribution in [3.8, 4) is 0 Å². The maximum atomic E-state index is 12.2. The van der Waals surface area contributed by atoms with Gasteiger partial charge in [-0.25, -0.2) is 0 Å². The van der Waals surface area contributed by atoms with E-state index in [2.05, 4.69) is 5.32 Å². The summed E-state index contributed by atoms with van der Waals surface area (Å²) >= 11 is 0. The molecule has 1 aliphatic rings. The molecule has 0 radical (unpaired) electrons. The fraction of sp³-hybridized carbons (Fsp3) is 0.846. The maximum absolute atomic E-state index is 12.2. The number of carbonyl (C=O) groups is 2. The van der Waals surface area contributed by atoms with Crippen LogP contribution in [0, 0.1) is 17.8 Å². The van der Waals surface area contributed by atoms with Crippen LogP contribution in [0.1, 0.15) is 33.1 Å². The van der Waals surface area contributed by atoms with Crippen LogP contribution in [0.15, 0.2) is 0 Å². The number of hydrogen-bond acceptors (Lipinski definition) is 4. The van der Waals surface area contributed by atoms with Crippen LogP contribution in [-0.2, 0) is 9.59 Å². The van der Waals surface area contributed by atoms with Crippen molar-refractivity contribution in [3.63, 3.8) is 0 Å². The highest BCUT2D eigenvalue weighted by atomic mass is 16.4. The van der Waals surface area contributed by atoms with E-state index in [1.807, 2.05) is 6.92 Å². The molecule has 0 saturated heterocycles. The van der Waals surface area contributed by atoms with Gasteiger partial charge in [0, 0.05) is 0 Å². The average Bonchev–Trinajstić information content (AvgIpc) is 2.83. The SMILES string of the molecule is CCC1C[C@H](C(=O)NC(C)(CO)CO)[C@H](C(=O)O)C1. The molecule has 0 aliphatic heterocycles. The molecular formula is C13H23NO5. The lowest BCUT2D eigenvalue weighted by Crippen LogP contribution is -2.54. The van der Waals surface area contributed by atoms with Gasteiger partial charge in [-0.15, -0.1) is 0 Å². The Morgan fingerprint density at radius 3 is 2.16 bits per heavy atom. The highest BCUT2D eigenvalue weighted by molar-refractivity contribution is 5.85. The van der Waals surface area contributed by atoms with Gasteiger partial charge in [0.2, 0.25) is 5.91 Å². The maximum Gasteiger partial charge on any atom is 0.307 e. The first-order valence-electron chi connectivity index (χ1n) is 6.63. The fourth-order valence-corrected chi connectivity index (χ4v) is 2.56. The van der Waals surface area contributed by atoms with Gasteiger partial charge in [-0.3, -0.25) is 9.59 Å². The Balaban J connectivity index is 2.77. The van der Waals surface area contributed by atoms with E-state index < -0.39 is 42.5 Å². The normalized spacial score (nSPS) is 27.3. The lowest BCUT2D eigenvalue weighted by atomic mass is 9.93. The molecule has 1 rings (SSSR count). The Bertz CT molecular complexity index is 340. The van der Waals surface area contributed by atoms with Crippen molar-refractivity contribution >= 4 is 11.9 Å². The Labute approximate surface area is 112 Å². The monoisotopic (exact) mass is 273 g/mol. The van der Waals surface area contributed by atoms with Gasteiger partial charge in [-0.1, -0.05) is 13.3 Å². The minimum Gasteiger partial charge on any atom is -0.481 e. The molecule has 0 aromatic rings. The molecule has 0 aromatic heterocycles. The minimum atomic E-state index is -1.11. The highest BCUT2D eigenvalue weighted by Crippen LogP contribution is 2.38. The van der Waals surface area contributed by atoms with E-state index in [0.29, 0.717) is 12.8 Å². The third-order valence-electron chi connectivity index (χ3n) is 4.01. The molecule has 0 heterocycles. The summed E-state index contributed by atoms with van der Waals surface area (Å²) in [4.78, 5) is 23.4. The molecule has 0 aromatic carbocycles. The zero-order valence-electron chi connectivity index (χ0n) is 11.4. The van der Waals surface area contributed by atoms with Gasteiger partial charge in [0.15, 0.2) is 0 Å². The second-order valence-electron chi connectivity index (χ2n) is 5.66. The molecule has 1 aliphatic carbocycles. The van der Waals surface area contributed by atoms with Gasteiger partial charge in [0.1, 0.15) is 0 Å². The lowest BCUT2D eigenvalue weighted by molar-refractivity contribution is -0.146. The van der Waals surface area contributed by atoms with E-state index in [4.69, 9.17) is 10.2 Å². The van der Waals surface area contributed by atoms with E-state index in [0.717, 1.165) is 6.42 Å². The van der Waals surface area contributed by atoms with Gasteiger partial charge in [-0.05, 0) is 25.7 Å². The van der Waals surface area contributed by atoms with Crippen molar-refractivity contribution in [2.45, 2.75) is 38.6 Å². The Hall–Kier alpha value is -1.14. The summed E-state index contributed by atoms with van der Waals surface area (Å²) < 4.78 is 0. The first kappa shape index (κ1) is 15.9. The smallest absolute Gasteiger partial charge is 0.307 e. The second-order valence-corrected chi connectivity index (χ2v) is 5.66. The molecular weight excluding hydrogens is 250 g/mol.